The van der Waals surface area contributed by atoms with E-state index in [-0.39, 0.29) is 0 Å². The third-order valence-corrected chi connectivity index (χ3v) is 12.7. The van der Waals surface area contributed by atoms with Crippen molar-refractivity contribution in [1.29, 1.82) is 0 Å². The Bertz CT molecular complexity index is 3950. The van der Waals surface area contributed by atoms with Gasteiger partial charge in [0.15, 0.2) is 29.1 Å². The Balaban J connectivity index is 1.06. The standard InChI is InChI=1S/C60H37N7/c1-5-17-38(18-6-1)40-31-33-43(34-32-40)57-62-56(42-23-11-4-12-24-42)65-60(66-57)67-50-30-16-29-48-46-27-13-14-28-47(46)52-49(35-36-51(67)54(52)53(48)50)59-63-55(41-21-9-3-10-22-41)61-58(64-59)45-26-15-25-44(37-45)39-19-7-2-8-20-39/h1-37H. The van der Waals surface area contributed by atoms with Crippen LogP contribution >= 0.6 is 0 Å². The fourth-order valence-electron chi connectivity index (χ4n) is 9.55. The highest BCUT2D eigenvalue weighted by Gasteiger charge is 2.25. The van der Waals surface area contributed by atoms with Crippen molar-refractivity contribution in [2.75, 3.05) is 0 Å². The molecule has 0 fully saturated rings. The molecule has 0 bridgehead atoms. The molecule has 13 aromatic rings. The molecular formula is C60H37N7. The highest BCUT2D eigenvalue weighted by atomic mass is 15.2. The van der Waals surface area contributed by atoms with Crippen LogP contribution in [0.5, 0.6) is 0 Å². The molecule has 0 spiro atoms. The molecule has 0 radical (unpaired) electrons. The Morgan fingerprint density at radius 2 is 0.642 bits per heavy atom. The third kappa shape index (κ3) is 6.60. The highest BCUT2D eigenvalue weighted by molar-refractivity contribution is 6.36. The van der Waals surface area contributed by atoms with Crippen molar-refractivity contribution >= 4 is 43.4 Å². The minimum absolute atomic E-state index is 0.532. The molecule has 0 aliphatic rings. The van der Waals surface area contributed by atoms with Crippen LogP contribution in [0.25, 0.3) is 128 Å². The van der Waals surface area contributed by atoms with E-state index in [0.29, 0.717) is 35.1 Å². The van der Waals surface area contributed by atoms with Gasteiger partial charge in [-0.2, -0.15) is 9.97 Å². The van der Waals surface area contributed by atoms with Crippen molar-refractivity contribution in [2.45, 2.75) is 0 Å². The van der Waals surface area contributed by atoms with Crippen molar-refractivity contribution in [2.24, 2.45) is 0 Å². The van der Waals surface area contributed by atoms with Crippen molar-refractivity contribution in [3.05, 3.63) is 224 Å². The molecule has 3 heterocycles. The summed E-state index contributed by atoms with van der Waals surface area (Å²) in [6.07, 6.45) is 0. The first-order valence-electron chi connectivity index (χ1n) is 22.4. The molecule has 312 valence electrons. The van der Waals surface area contributed by atoms with Crippen LogP contribution in [0.2, 0.25) is 0 Å². The minimum atomic E-state index is 0.532. The van der Waals surface area contributed by atoms with E-state index < -0.39 is 0 Å². The van der Waals surface area contributed by atoms with Gasteiger partial charge in [-0.15, -0.1) is 0 Å². The van der Waals surface area contributed by atoms with E-state index in [4.69, 9.17) is 29.9 Å². The summed E-state index contributed by atoms with van der Waals surface area (Å²) >= 11 is 0. The summed E-state index contributed by atoms with van der Waals surface area (Å²) in [6.45, 7) is 0. The first-order valence-corrected chi connectivity index (χ1v) is 22.4. The van der Waals surface area contributed by atoms with Crippen molar-refractivity contribution in [1.82, 2.24) is 34.5 Å². The molecule has 0 aliphatic heterocycles. The van der Waals surface area contributed by atoms with Crippen LogP contribution in [-0.2, 0) is 0 Å². The summed E-state index contributed by atoms with van der Waals surface area (Å²) in [4.78, 5) is 31.5. The average Bonchev–Trinajstić information content (AvgIpc) is 3.76. The maximum atomic E-state index is 5.34. The molecular weight excluding hydrogens is 819 g/mol. The fraction of sp³-hybridized carbons (Fsp3) is 0. The van der Waals surface area contributed by atoms with Crippen LogP contribution in [-0.4, -0.2) is 34.5 Å². The van der Waals surface area contributed by atoms with Gasteiger partial charge in [-0.1, -0.05) is 200 Å². The molecule has 7 nitrogen and oxygen atoms in total. The fourth-order valence-corrected chi connectivity index (χ4v) is 9.55. The largest absolute Gasteiger partial charge is 0.278 e. The second kappa shape index (κ2) is 15.8. The molecule has 0 unspecified atom stereocenters. The van der Waals surface area contributed by atoms with E-state index in [9.17, 15) is 0 Å². The van der Waals surface area contributed by atoms with Crippen LogP contribution in [0.3, 0.4) is 0 Å². The van der Waals surface area contributed by atoms with Gasteiger partial charge in [-0.25, -0.2) is 19.9 Å². The molecule has 7 heteroatoms. The van der Waals surface area contributed by atoms with Gasteiger partial charge in [-0.05, 0) is 62.7 Å². The minimum Gasteiger partial charge on any atom is -0.278 e. The van der Waals surface area contributed by atoms with Crippen LogP contribution in [0.1, 0.15) is 0 Å². The number of aromatic nitrogens is 7. The quantitative estimate of drug-likeness (QED) is 0.142. The van der Waals surface area contributed by atoms with Crippen molar-refractivity contribution in [3.63, 3.8) is 0 Å². The molecule has 0 atom stereocenters. The number of nitrogens with zero attached hydrogens (tertiary/aromatic N) is 7. The zero-order valence-corrected chi connectivity index (χ0v) is 36.0. The van der Waals surface area contributed by atoms with E-state index in [1.165, 1.54) is 0 Å². The van der Waals surface area contributed by atoms with E-state index in [0.717, 1.165) is 93.4 Å². The predicted octanol–water partition coefficient (Wildman–Crippen LogP) is 14.6. The molecule has 10 aromatic carbocycles. The molecule has 67 heavy (non-hydrogen) atoms. The van der Waals surface area contributed by atoms with Gasteiger partial charge in [-0.3, -0.25) is 4.57 Å². The molecule has 0 amide bonds. The van der Waals surface area contributed by atoms with Gasteiger partial charge < -0.3 is 0 Å². The lowest BCUT2D eigenvalue weighted by Gasteiger charge is -2.14. The van der Waals surface area contributed by atoms with Gasteiger partial charge in [0.25, 0.3) is 0 Å². The number of fused-ring (bicyclic) bond motifs is 3. The lowest BCUT2D eigenvalue weighted by Crippen LogP contribution is -2.06. The monoisotopic (exact) mass is 855 g/mol. The lowest BCUT2D eigenvalue weighted by molar-refractivity contribution is 0.954. The Hall–Kier alpha value is -9.20. The van der Waals surface area contributed by atoms with Gasteiger partial charge in [0.05, 0.1) is 11.0 Å². The summed E-state index contributed by atoms with van der Waals surface area (Å²) in [6, 6.07) is 77.5. The first-order chi connectivity index (χ1) is 33.2. The van der Waals surface area contributed by atoms with E-state index in [1.54, 1.807) is 0 Å². The number of hydrogen-bond acceptors (Lipinski definition) is 6. The van der Waals surface area contributed by atoms with Crippen molar-refractivity contribution < 1.29 is 0 Å². The SMILES string of the molecule is c1ccc(-c2ccc(-c3nc(-c4ccccc4)nc(-n4c5cccc6c7ccccc7c7c(-c8nc(-c9ccccc9)nc(-c9cccc(-c%10ccccc%10)c9)n8)ccc4c7c65)n3)cc2)cc1. The smallest absolute Gasteiger partial charge is 0.238 e. The van der Waals surface area contributed by atoms with E-state index in [2.05, 4.69) is 168 Å². The molecule has 0 N–H and O–H groups in total. The summed E-state index contributed by atoms with van der Waals surface area (Å²) in [7, 11) is 0. The van der Waals surface area contributed by atoms with Crippen LogP contribution in [0.4, 0.5) is 0 Å². The Kier molecular flexibility index (Phi) is 9.03. The molecule has 3 aromatic heterocycles. The topological polar surface area (TPSA) is 82.3 Å². The summed E-state index contributed by atoms with van der Waals surface area (Å²) in [5, 5.41) is 6.66. The summed E-state index contributed by atoms with van der Waals surface area (Å²) in [5.74, 6) is 3.51. The van der Waals surface area contributed by atoms with Gasteiger partial charge >= 0.3 is 0 Å². The highest BCUT2D eigenvalue weighted by Crippen LogP contribution is 2.47. The molecule has 0 saturated carbocycles. The molecule has 13 rings (SSSR count). The average molecular weight is 856 g/mol. The Morgan fingerprint density at radius 1 is 0.239 bits per heavy atom. The molecule has 0 aliphatic carbocycles. The van der Waals surface area contributed by atoms with Crippen molar-refractivity contribution in [3.8, 4) is 85.1 Å². The van der Waals surface area contributed by atoms with Gasteiger partial charge in [0.2, 0.25) is 5.95 Å². The van der Waals surface area contributed by atoms with Crippen LogP contribution in [0.15, 0.2) is 224 Å². The third-order valence-electron chi connectivity index (χ3n) is 12.7. The maximum absolute atomic E-state index is 5.34. The maximum Gasteiger partial charge on any atom is 0.238 e. The second-order valence-electron chi connectivity index (χ2n) is 16.7. The zero-order chi connectivity index (χ0) is 44.3. The Morgan fingerprint density at radius 3 is 1.28 bits per heavy atom. The first kappa shape index (κ1) is 38.3. The number of rotatable bonds is 8. The lowest BCUT2D eigenvalue weighted by atomic mass is 9.91. The number of hydrogen-bond donors (Lipinski definition) is 0. The normalized spacial score (nSPS) is 11.6. The zero-order valence-electron chi connectivity index (χ0n) is 36.0. The summed E-state index contributed by atoms with van der Waals surface area (Å²) < 4.78 is 2.20. The van der Waals surface area contributed by atoms with E-state index in [1.807, 2.05) is 60.7 Å². The van der Waals surface area contributed by atoms with Gasteiger partial charge in [0, 0.05) is 44.0 Å². The Labute approximate surface area is 385 Å². The van der Waals surface area contributed by atoms with Crippen LogP contribution < -0.4 is 0 Å². The van der Waals surface area contributed by atoms with Gasteiger partial charge in [0.1, 0.15) is 0 Å². The van der Waals surface area contributed by atoms with Crippen LogP contribution in [0, 0.1) is 0 Å². The second-order valence-corrected chi connectivity index (χ2v) is 16.7. The van der Waals surface area contributed by atoms with E-state index >= 15 is 0 Å². The number of benzene rings is 10. The molecule has 0 saturated heterocycles. The predicted molar refractivity (Wildman–Crippen MR) is 272 cm³/mol. The summed E-state index contributed by atoms with van der Waals surface area (Å²) in [5.41, 5.74) is 11.0.